The third-order valence-corrected chi connectivity index (χ3v) is 8.11. The van der Waals surface area contributed by atoms with Gasteiger partial charge in [-0.15, -0.1) is 0 Å². The molecule has 6 nitrogen and oxygen atoms in total. The summed E-state index contributed by atoms with van der Waals surface area (Å²) >= 11 is 0. The first kappa shape index (κ1) is 20.4. The van der Waals surface area contributed by atoms with Gasteiger partial charge in [-0.1, -0.05) is 30.3 Å². The molecule has 1 aliphatic rings. The number of fused-ring (bicyclic) bond motifs is 1. The van der Waals surface area contributed by atoms with E-state index in [9.17, 15) is 21.2 Å². The summed E-state index contributed by atoms with van der Waals surface area (Å²) < 4.78 is 68.8. The molecule has 0 aliphatic carbocycles. The topological polar surface area (TPSA) is 83.6 Å². The van der Waals surface area contributed by atoms with Gasteiger partial charge in [0.1, 0.15) is 10.7 Å². The fourth-order valence-electron chi connectivity index (χ4n) is 3.47. The zero-order chi connectivity index (χ0) is 21.4. The first-order valence-corrected chi connectivity index (χ1v) is 12.2. The molecule has 1 aliphatic heterocycles. The maximum Gasteiger partial charge on any atom is 0.264 e. The maximum absolute atomic E-state index is 13.9. The predicted octanol–water partition coefficient (Wildman–Crippen LogP) is 3.77. The van der Waals surface area contributed by atoms with Gasteiger partial charge in [0.15, 0.2) is 0 Å². The Morgan fingerprint density at radius 2 is 1.57 bits per heavy atom. The van der Waals surface area contributed by atoms with E-state index in [-0.39, 0.29) is 10.6 Å². The van der Waals surface area contributed by atoms with Crippen molar-refractivity contribution in [1.29, 1.82) is 0 Å². The van der Waals surface area contributed by atoms with Crippen molar-refractivity contribution in [3.8, 4) is 0 Å². The van der Waals surface area contributed by atoms with Crippen LogP contribution in [-0.2, 0) is 26.5 Å². The molecule has 1 heterocycles. The van der Waals surface area contributed by atoms with Gasteiger partial charge < -0.3 is 0 Å². The molecule has 0 aromatic heterocycles. The Labute approximate surface area is 175 Å². The summed E-state index contributed by atoms with van der Waals surface area (Å²) in [4.78, 5) is -0.252. The van der Waals surface area contributed by atoms with E-state index in [0.717, 1.165) is 6.07 Å². The van der Waals surface area contributed by atoms with E-state index in [1.54, 1.807) is 42.5 Å². The number of halogens is 1. The summed E-state index contributed by atoms with van der Waals surface area (Å²) in [6, 6.07) is 17.9. The Morgan fingerprint density at radius 3 is 2.30 bits per heavy atom. The van der Waals surface area contributed by atoms with Gasteiger partial charge in [-0.3, -0.25) is 9.03 Å². The zero-order valence-electron chi connectivity index (χ0n) is 15.8. The molecule has 1 N–H and O–H groups in total. The van der Waals surface area contributed by atoms with Crippen LogP contribution in [-0.4, -0.2) is 23.4 Å². The maximum atomic E-state index is 13.9. The number of hydrogen-bond acceptors (Lipinski definition) is 4. The Kier molecular flexibility index (Phi) is 5.25. The van der Waals surface area contributed by atoms with E-state index >= 15 is 0 Å². The van der Waals surface area contributed by atoms with Crippen molar-refractivity contribution < 1.29 is 21.2 Å². The lowest BCUT2D eigenvalue weighted by molar-refractivity contribution is 0.570. The fourth-order valence-corrected chi connectivity index (χ4v) is 6.16. The molecule has 0 bridgehead atoms. The number of benzene rings is 3. The third-order valence-electron chi connectivity index (χ3n) is 4.87. The molecule has 4 rings (SSSR count). The van der Waals surface area contributed by atoms with E-state index < -0.39 is 30.8 Å². The van der Waals surface area contributed by atoms with Crippen molar-refractivity contribution in [1.82, 2.24) is 0 Å². The van der Waals surface area contributed by atoms with Crippen LogP contribution in [0.2, 0.25) is 0 Å². The summed E-state index contributed by atoms with van der Waals surface area (Å²) in [6.07, 6.45) is 1.20. The highest BCUT2D eigenvalue weighted by molar-refractivity contribution is 7.93. The third kappa shape index (κ3) is 3.78. The Balaban J connectivity index is 1.67. The Morgan fingerprint density at radius 1 is 0.867 bits per heavy atom. The van der Waals surface area contributed by atoms with Crippen LogP contribution in [0.4, 0.5) is 15.8 Å². The van der Waals surface area contributed by atoms with Crippen LogP contribution in [0, 0.1) is 5.82 Å². The monoisotopic (exact) mass is 446 g/mol. The van der Waals surface area contributed by atoms with Crippen LogP contribution in [0.1, 0.15) is 12.0 Å². The standard InChI is InChI=1S/C21H19FN2O4S2/c22-19-10-4-5-11-21(19)29(25,26)23-17-12-13-20-16(15-17)7-6-14-24(20)30(27,28)18-8-2-1-3-9-18/h1-5,8-13,15,23H,6-7,14H2. The largest absolute Gasteiger partial charge is 0.280 e. The number of anilines is 2. The van der Waals surface area contributed by atoms with Gasteiger partial charge in [0.05, 0.1) is 10.6 Å². The summed E-state index contributed by atoms with van der Waals surface area (Å²) in [5, 5.41) is 0. The molecule has 0 amide bonds. The molecule has 0 saturated heterocycles. The average Bonchev–Trinajstić information content (AvgIpc) is 2.73. The Bertz CT molecular complexity index is 1290. The quantitative estimate of drug-likeness (QED) is 0.647. The molecule has 3 aromatic carbocycles. The van der Waals surface area contributed by atoms with Crippen molar-refractivity contribution in [3.05, 3.63) is 84.2 Å². The summed E-state index contributed by atoms with van der Waals surface area (Å²) in [6.45, 7) is 0.338. The second-order valence-corrected chi connectivity index (χ2v) is 10.4. The zero-order valence-corrected chi connectivity index (χ0v) is 17.5. The van der Waals surface area contributed by atoms with Crippen LogP contribution in [0.5, 0.6) is 0 Å². The van der Waals surface area contributed by atoms with Crippen LogP contribution >= 0.6 is 0 Å². The minimum Gasteiger partial charge on any atom is -0.280 e. The first-order chi connectivity index (χ1) is 14.3. The van der Waals surface area contributed by atoms with Crippen LogP contribution in [0.15, 0.2) is 82.6 Å². The highest BCUT2D eigenvalue weighted by atomic mass is 32.2. The van der Waals surface area contributed by atoms with Crippen molar-refractivity contribution in [2.75, 3.05) is 15.6 Å². The number of nitrogens with one attached hydrogen (secondary N) is 1. The molecule has 0 spiro atoms. The van der Waals surface area contributed by atoms with Gasteiger partial charge in [0, 0.05) is 12.2 Å². The molecule has 3 aromatic rings. The van der Waals surface area contributed by atoms with Gasteiger partial charge in [0.2, 0.25) is 0 Å². The van der Waals surface area contributed by atoms with Gasteiger partial charge in [-0.05, 0) is 60.9 Å². The van der Waals surface area contributed by atoms with E-state index in [2.05, 4.69) is 4.72 Å². The number of aryl methyl sites for hydroxylation is 1. The molecule has 9 heteroatoms. The molecule has 0 saturated carbocycles. The van der Waals surface area contributed by atoms with E-state index in [1.165, 1.54) is 28.6 Å². The van der Waals surface area contributed by atoms with Gasteiger partial charge in [-0.25, -0.2) is 21.2 Å². The molecular formula is C21H19FN2O4S2. The average molecular weight is 447 g/mol. The highest BCUT2D eigenvalue weighted by Crippen LogP contribution is 2.34. The minimum atomic E-state index is -4.11. The van der Waals surface area contributed by atoms with Crippen LogP contribution in [0.3, 0.4) is 0 Å². The lowest BCUT2D eigenvalue weighted by Gasteiger charge is -2.31. The van der Waals surface area contributed by atoms with Crippen molar-refractivity contribution in [2.24, 2.45) is 0 Å². The molecular weight excluding hydrogens is 427 g/mol. The summed E-state index contributed by atoms with van der Waals surface area (Å²) in [7, 11) is -7.84. The highest BCUT2D eigenvalue weighted by Gasteiger charge is 2.29. The summed E-state index contributed by atoms with van der Waals surface area (Å²) in [5.74, 6) is -0.844. The molecule has 0 radical (unpaired) electrons. The van der Waals surface area contributed by atoms with Gasteiger partial charge in [0.25, 0.3) is 20.0 Å². The molecule has 0 atom stereocenters. The Hall–Kier alpha value is -2.91. The van der Waals surface area contributed by atoms with Crippen molar-refractivity contribution >= 4 is 31.4 Å². The van der Waals surface area contributed by atoms with Crippen molar-refractivity contribution in [3.63, 3.8) is 0 Å². The van der Waals surface area contributed by atoms with Crippen LogP contribution in [0.25, 0.3) is 0 Å². The lowest BCUT2D eigenvalue weighted by atomic mass is 10.0. The van der Waals surface area contributed by atoms with Gasteiger partial charge in [-0.2, -0.15) is 0 Å². The molecule has 0 fully saturated rings. The minimum absolute atomic E-state index is 0.196. The molecule has 30 heavy (non-hydrogen) atoms. The SMILES string of the molecule is O=S(=O)(Nc1ccc2c(c1)CCCN2S(=O)(=O)c1ccccc1)c1ccccc1F. The van der Waals surface area contributed by atoms with Crippen LogP contribution < -0.4 is 9.03 Å². The summed E-state index contributed by atoms with van der Waals surface area (Å²) in [5.41, 5.74) is 1.46. The van der Waals surface area contributed by atoms with Gasteiger partial charge >= 0.3 is 0 Å². The fraction of sp³-hybridized carbons (Fsp3) is 0.143. The number of nitrogens with zero attached hydrogens (tertiary/aromatic N) is 1. The molecule has 0 unspecified atom stereocenters. The lowest BCUT2D eigenvalue weighted by Crippen LogP contribution is -2.35. The van der Waals surface area contributed by atoms with E-state index in [4.69, 9.17) is 0 Å². The van der Waals surface area contributed by atoms with E-state index in [0.29, 0.717) is 30.6 Å². The smallest absolute Gasteiger partial charge is 0.264 e. The number of sulfonamides is 2. The predicted molar refractivity (Wildman–Crippen MR) is 113 cm³/mol. The number of hydrogen-bond donors (Lipinski definition) is 1. The normalized spacial score (nSPS) is 14.2. The first-order valence-electron chi connectivity index (χ1n) is 9.27. The number of rotatable bonds is 5. The second-order valence-electron chi connectivity index (χ2n) is 6.87. The van der Waals surface area contributed by atoms with E-state index in [1.807, 2.05) is 0 Å². The second kappa shape index (κ2) is 7.73. The molecule has 156 valence electrons. The van der Waals surface area contributed by atoms with Crippen molar-refractivity contribution in [2.45, 2.75) is 22.6 Å².